The first-order valence-corrected chi connectivity index (χ1v) is 9.68. The Bertz CT molecular complexity index is 736. The molecule has 0 saturated carbocycles. The van der Waals surface area contributed by atoms with Crippen molar-refractivity contribution in [3.63, 3.8) is 0 Å². The molecule has 160 valence electrons. The van der Waals surface area contributed by atoms with Gasteiger partial charge in [-0.2, -0.15) is 0 Å². The van der Waals surface area contributed by atoms with Gasteiger partial charge in [-0.15, -0.1) is 0 Å². The number of likely N-dealkylation sites (tertiary alicyclic amines) is 1. The summed E-state index contributed by atoms with van der Waals surface area (Å²) in [6.07, 6.45) is -0.518. The lowest BCUT2D eigenvalue weighted by Gasteiger charge is -2.34. The lowest BCUT2D eigenvalue weighted by molar-refractivity contribution is -0.144. The smallest absolute Gasteiger partial charge is 0.309 e. The molecule has 2 N–H and O–H groups in total. The summed E-state index contributed by atoms with van der Waals surface area (Å²) in [4.78, 5) is 28.7. The minimum atomic E-state index is -0.972. The molecule has 3 atom stereocenters. The van der Waals surface area contributed by atoms with E-state index < -0.39 is 24.0 Å². The Morgan fingerprint density at radius 2 is 1.90 bits per heavy atom. The van der Waals surface area contributed by atoms with Gasteiger partial charge in [0.2, 0.25) is 0 Å². The molecule has 2 saturated heterocycles. The number of aliphatic hydroxyl groups is 1. The van der Waals surface area contributed by atoms with Gasteiger partial charge in [-0.3, -0.25) is 14.5 Å². The number of carboxylic acids is 1. The second-order valence-corrected chi connectivity index (χ2v) is 7.34. The van der Waals surface area contributed by atoms with Crippen molar-refractivity contribution >= 4 is 11.9 Å². The van der Waals surface area contributed by atoms with Crippen LogP contribution >= 0.6 is 0 Å². The molecule has 0 spiro atoms. The number of amides is 1. The van der Waals surface area contributed by atoms with Crippen LogP contribution in [0.2, 0.25) is 0 Å². The quantitative estimate of drug-likeness (QED) is 0.664. The van der Waals surface area contributed by atoms with Crippen LogP contribution in [0.3, 0.4) is 0 Å². The minimum Gasteiger partial charge on any atom is -0.493 e. The number of hydrogen-bond acceptors (Lipinski definition) is 7. The Kier molecular flexibility index (Phi) is 6.94. The third-order valence-corrected chi connectivity index (χ3v) is 5.55. The maximum atomic E-state index is 13.2. The predicted octanol–water partition coefficient (Wildman–Crippen LogP) is 0.312. The first kappa shape index (κ1) is 21.4. The number of nitrogens with zero attached hydrogens (tertiary/aromatic N) is 2. The molecule has 2 aliphatic heterocycles. The fourth-order valence-electron chi connectivity index (χ4n) is 4.02. The SMILES string of the molecule is COc1ccc(C(=O)N2CC(O)CC2C(CN2CCOCC2)C(=O)O)cc1OC. The van der Waals surface area contributed by atoms with Crippen LogP contribution in [0.4, 0.5) is 0 Å². The summed E-state index contributed by atoms with van der Waals surface area (Å²) < 4.78 is 15.8. The van der Waals surface area contributed by atoms with Crippen LogP contribution in [-0.4, -0.2) is 97.6 Å². The Hall–Kier alpha value is -2.36. The number of β-amino-alcohol motifs (C(OH)–C–C–N with tert-alkyl or cyclic N) is 1. The zero-order valence-corrected chi connectivity index (χ0v) is 16.7. The van der Waals surface area contributed by atoms with Crippen molar-refractivity contribution < 1.29 is 34.0 Å². The van der Waals surface area contributed by atoms with E-state index in [0.29, 0.717) is 49.9 Å². The van der Waals surface area contributed by atoms with Gasteiger partial charge in [0.25, 0.3) is 5.91 Å². The van der Waals surface area contributed by atoms with Crippen LogP contribution in [0.5, 0.6) is 11.5 Å². The Morgan fingerprint density at radius 1 is 1.21 bits per heavy atom. The third kappa shape index (κ3) is 4.80. The first-order chi connectivity index (χ1) is 13.9. The molecular weight excluding hydrogens is 380 g/mol. The van der Waals surface area contributed by atoms with E-state index in [0.717, 1.165) is 0 Å². The molecule has 9 heteroatoms. The number of morpholine rings is 1. The molecule has 2 aliphatic rings. The summed E-state index contributed by atoms with van der Waals surface area (Å²) in [6, 6.07) is 4.23. The van der Waals surface area contributed by atoms with Gasteiger partial charge in [0, 0.05) is 37.8 Å². The van der Waals surface area contributed by atoms with E-state index >= 15 is 0 Å². The third-order valence-electron chi connectivity index (χ3n) is 5.55. The first-order valence-electron chi connectivity index (χ1n) is 9.68. The van der Waals surface area contributed by atoms with E-state index in [-0.39, 0.29) is 18.9 Å². The highest BCUT2D eigenvalue weighted by Crippen LogP contribution is 2.31. The number of benzene rings is 1. The van der Waals surface area contributed by atoms with Crippen molar-refractivity contribution in [1.82, 2.24) is 9.80 Å². The normalized spacial score (nSPS) is 23.6. The minimum absolute atomic E-state index is 0.102. The highest BCUT2D eigenvalue weighted by atomic mass is 16.5. The second kappa shape index (κ2) is 9.43. The molecule has 3 unspecified atom stereocenters. The second-order valence-electron chi connectivity index (χ2n) is 7.34. The molecule has 2 fully saturated rings. The largest absolute Gasteiger partial charge is 0.493 e. The number of rotatable bonds is 7. The van der Waals surface area contributed by atoms with E-state index in [9.17, 15) is 19.8 Å². The number of hydrogen-bond donors (Lipinski definition) is 2. The maximum Gasteiger partial charge on any atom is 0.309 e. The molecule has 3 rings (SSSR count). The van der Waals surface area contributed by atoms with E-state index in [1.165, 1.54) is 19.1 Å². The summed E-state index contributed by atoms with van der Waals surface area (Å²) in [7, 11) is 2.99. The highest BCUT2D eigenvalue weighted by Gasteiger charge is 2.43. The molecular formula is C20H28N2O7. The lowest BCUT2D eigenvalue weighted by atomic mass is 9.95. The number of methoxy groups -OCH3 is 2. The van der Waals surface area contributed by atoms with Crippen LogP contribution in [0.25, 0.3) is 0 Å². The van der Waals surface area contributed by atoms with Crippen molar-refractivity contribution in [2.75, 3.05) is 53.6 Å². The average Bonchev–Trinajstić information content (AvgIpc) is 3.12. The molecule has 29 heavy (non-hydrogen) atoms. The molecule has 1 aromatic rings. The van der Waals surface area contributed by atoms with Gasteiger partial charge in [-0.05, 0) is 24.6 Å². The standard InChI is InChI=1S/C20H28N2O7/c1-27-17-4-3-13(9-18(17)28-2)19(24)22-11-14(23)10-16(22)15(20(25)26)12-21-5-7-29-8-6-21/h3-4,9,14-16,23H,5-8,10-12H2,1-2H3,(H,25,26). The van der Waals surface area contributed by atoms with Crippen LogP contribution in [0.1, 0.15) is 16.8 Å². The molecule has 1 amide bonds. The molecule has 1 aromatic carbocycles. The predicted molar refractivity (Wildman–Crippen MR) is 103 cm³/mol. The van der Waals surface area contributed by atoms with Gasteiger partial charge >= 0.3 is 5.97 Å². The number of ether oxygens (including phenoxy) is 3. The van der Waals surface area contributed by atoms with E-state index in [2.05, 4.69) is 0 Å². The molecule has 0 aromatic heterocycles. The topological polar surface area (TPSA) is 109 Å². The fourth-order valence-corrected chi connectivity index (χ4v) is 4.02. The van der Waals surface area contributed by atoms with Gasteiger partial charge in [0.15, 0.2) is 11.5 Å². The lowest BCUT2D eigenvalue weighted by Crippen LogP contribution is -2.49. The monoisotopic (exact) mass is 408 g/mol. The number of aliphatic carboxylic acids is 1. The van der Waals surface area contributed by atoms with Crippen molar-refractivity contribution in [2.24, 2.45) is 5.92 Å². The average molecular weight is 408 g/mol. The van der Waals surface area contributed by atoms with Crippen LogP contribution in [0, 0.1) is 5.92 Å². The van der Waals surface area contributed by atoms with Crippen molar-refractivity contribution in [3.8, 4) is 11.5 Å². The maximum absolute atomic E-state index is 13.2. The Balaban J connectivity index is 1.82. The van der Waals surface area contributed by atoms with Gasteiger partial charge in [0.1, 0.15) is 0 Å². The summed E-state index contributed by atoms with van der Waals surface area (Å²) in [5, 5.41) is 20.1. The van der Waals surface area contributed by atoms with Gasteiger partial charge in [-0.25, -0.2) is 0 Å². The summed E-state index contributed by atoms with van der Waals surface area (Å²) in [6.45, 7) is 2.85. The van der Waals surface area contributed by atoms with Gasteiger partial charge in [-0.1, -0.05) is 0 Å². The zero-order valence-electron chi connectivity index (χ0n) is 16.7. The van der Waals surface area contributed by atoms with E-state index in [1.807, 2.05) is 4.90 Å². The number of aliphatic hydroxyl groups excluding tert-OH is 1. The molecule has 0 radical (unpaired) electrons. The van der Waals surface area contributed by atoms with Gasteiger partial charge < -0.3 is 29.3 Å². The van der Waals surface area contributed by atoms with Gasteiger partial charge in [0.05, 0.1) is 39.5 Å². The Morgan fingerprint density at radius 3 is 2.52 bits per heavy atom. The molecule has 2 heterocycles. The van der Waals surface area contributed by atoms with Crippen molar-refractivity contribution in [3.05, 3.63) is 23.8 Å². The molecule has 0 aliphatic carbocycles. The van der Waals surface area contributed by atoms with E-state index in [4.69, 9.17) is 14.2 Å². The summed E-state index contributed by atoms with van der Waals surface area (Å²) >= 11 is 0. The number of carbonyl (C=O) groups is 2. The highest BCUT2D eigenvalue weighted by molar-refractivity contribution is 5.95. The van der Waals surface area contributed by atoms with Crippen molar-refractivity contribution in [2.45, 2.75) is 18.6 Å². The summed E-state index contributed by atoms with van der Waals surface area (Å²) in [5.41, 5.74) is 0.359. The Labute approximate surface area is 169 Å². The van der Waals surface area contributed by atoms with Crippen LogP contribution in [0.15, 0.2) is 18.2 Å². The zero-order chi connectivity index (χ0) is 21.0. The summed E-state index contributed by atoms with van der Waals surface area (Å²) in [5.74, 6) is -1.19. The number of carboxylic acid groups (broad SMARTS) is 1. The number of carbonyl (C=O) groups excluding carboxylic acids is 1. The fraction of sp³-hybridized carbons (Fsp3) is 0.600. The molecule has 9 nitrogen and oxygen atoms in total. The van der Waals surface area contributed by atoms with E-state index in [1.54, 1.807) is 18.2 Å². The van der Waals surface area contributed by atoms with Crippen molar-refractivity contribution in [1.29, 1.82) is 0 Å². The van der Waals surface area contributed by atoms with Crippen LogP contribution in [-0.2, 0) is 9.53 Å². The van der Waals surface area contributed by atoms with Crippen LogP contribution < -0.4 is 9.47 Å². The molecule has 0 bridgehead atoms.